The fraction of sp³-hybridized carbons (Fsp3) is 0.500. The van der Waals surface area contributed by atoms with Crippen LogP contribution in [-0.4, -0.2) is 22.5 Å². The van der Waals surface area contributed by atoms with Crippen LogP contribution in [0.2, 0.25) is 0 Å². The number of thioether (sulfide) groups is 1. The average molecular weight is 212 g/mol. The van der Waals surface area contributed by atoms with E-state index in [9.17, 15) is 0 Å². The van der Waals surface area contributed by atoms with E-state index in [4.69, 9.17) is 10.8 Å². The smallest absolute Gasteiger partial charge is 0.0571 e. The molecule has 0 saturated heterocycles. The Morgan fingerprint density at radius 1 is 1.57 bits per heavy atom. The van der Waals surface area contributed by atoms with Gasteiger partial charge in [-0.1, -0.05) is 6.92 Å². The molecule has 0 bridgehead atoms. The van der Waals surface area contributed by atoms with Gasteiger partial charge in [-0.15, -0.1) is 11.8 Å². The number of aliphatic hydroxyl groups is 1. The molecule has 0 spiro atoms. The number of nitrogens with two attached hydrogens (primary N) is 1. The van der Waals surface area contributed by atoms with Crippen molar-refractivity contribution in [2.75, 3.05) is 12.4 Å². The minimum atomic E-state index is 0.0342. The summed E-state index contributed by atoms with van der Waals surface area (Å²) in [5.41, 5.74) is 6.77. The maximum atomic E-state index is 8.65. The van der Waals surface area contributed by atoms with Crippen LogP contribution in [0, 0.1) is 0 Å². The van der Waals surface area contributed by atoms with Crippen molar-refractivity contribution in [3.63, 3.8) is 0 Å². The molecule has 0 saturated carbocycles. The van der Waals surface area contributed by atoms with Crippen LogP contribution in [-0.2, 0) is 0 Å². The Morgan fingerprint density at radius 3 is 2.86 bits per heavy atom. The lowest BCUT2D eigenvalue weighted by Crippen LogP contribution is -2.10. The summed E-state index contributed by atoms with van der Waals surface area (Å²) in [7, 11) is 0. The quantitative estimate of drug-likeness (QED) is 0.727. The summed E-state index contributed by atoms with van der Waals surface area (Å²) >= 11 is 1.60. The zero-order valence-electron chi connectivity index (χ0n) is 8.31. The summed E-state index contributed by atoms with van der Waals surface area (Å²) in [5, 5.41) is 8.65. The Morgan fingerprint density at radius 2 is 2.36 bits per heavy atom. The molecule has 1 aromatic heterocycles. The van der Waals surface area contributed by atoms with Gasteiger partial charge in [0, 0.05) is 22.9 Å². The molecule has 0 unspecified atom stereocenters. The first-order valence-electron chi connectivity index (χ1n) is 4.73. The summed E-state index contributed by atoms with van der Waals surface area (Å²) in [4.78, 5) is 5.35. The van der Waals surface area contributed by atoms with Crippen LogP contribution in [0.4, 0.5) is 0 Å². The van der Waals surface area contributed by atoms with E-state index in [0.717, 1.165) is 17.0 Å². The van der Waals surface area contributed by atoms with Gasteiger partial charge >= 0.3 is 0 Å². The van der Waals surface area contributed by atoms with Gasteiger partial charge in [-0.25, -0.2) is 0 Å². The van der Waals surface area contributed by atoms with Crippen LogP contribution in [0.3, 0.4) is 0 Å². The molecule has 0 amide bonds. The van der Waals surface area contributed by atoms with E-state index in [1.54, 1.807) is 11.8 Å². The minimum absolute atomic E-state index is 0.0342. The molecule has 0 radical (unpaired) electrons. The van der Waals surface area contributed by atoms with E-state index in [1.165, 1.54) is 0 Å². The zero-order chi connectivity index (χ0) is 10.4. The highest BCUT2D eigenvalue weighted by atomic mass is 32.2. The fourth-order valence-electron chi connectivity index (χ4n) is 1.07. The van der Waals surface area contributed by atoms with E-state index < -0.39 is 0 Å². The molecule has 3 nitrogen and oxygen atoms in total. The molecule has 14 heavy (non-hydrogen) atoms. The van der Waals surface area contributed by atoms with E-state index in [0.29, 0.717) is 5.75 Å². The molecule has 1 atom stereocenters. The molecular formula is C10H16N2OS. The lowest BCUT2D eigenvalue weighted by Gasteiger charge is -2.08. The SMILES string of the molecule is CC[C@H](N)c1ccc(SCCO)cn1. The molecule has 1 rings (SSSR count). The number of aliphatic hydroxyl groups excluding tert-OH is 1. The lowest BCUT2D eigenvalue weighted by atomic mass is 10.1. The van der Waals surface area contributed by atoms with Crippen molar-refractivity contribution in [2.24, 2.45) is 5.73 Å². The summed E-state index contributed by atoms with van der Waals surface area (Å²) in [6.07, 6.45) is 2.71. The third kappa shape index (κ3) is 3.29. The predicted octanol–water partition coefficient (Wildman–Crippen LogP) is 1.58. The third-order valence-corrected chi connectivity index (χ3v) is 2.90. The molecule has 4 heteroatoms. The molecule has 0 aromatic carbocycles. The molecule has 0 aliphatic carbocycles. The van der Waals surface area contributed by atoms with Crippen LogP contribution in [0.15, 0.2) is 23.2 Å². The highest BCUT2D eigenvalue weighted by Crippen LogP contribution is 2.18. The van der Waals surface area contributed by atoms with Gasteiger partial charge < -0.3 is 10.8 Å². The summed E-state index contributed by atoms with van der Waals surface area (Å²) in [6.45, 7) is 2.24. The first kappa shape index (κ1) is 11.5. The Balaban J connectivity index is 2.59. The number of pyridine rings is 1. The highest BCUT2D eigenvalue weighted by Gasteiger charge is 2.03. The van der Waals surface area contributed by atoms with Crippen LogP contribution in [0.1, 0.15) is 25.1 Å². The van der Waals surface area contributed by atoms with Crippen LogP contribution in [0.25, 0.3) is 0 Å². The largest absolute Gasteiger partial charge is 0.396 e. The predicted molar refractivity (Wildman–Crippen MR) is 59.3 cm³/mol. The fourth-order valence-corrected chi connectivity index (χ4v) is 1.69. The second-order valence-electron chi connectivity index (χ2n) is 3.01. The number of aromatic nitrogens is 1. The van der Waals surface area contributed by atoms with Gasteiger partial charge in [0.2, 0.25) is 0 Å². The van der Waals surface area contributed by atoms with E-state index >= 15 is 0 Å². The maximum Gasteiger partial charge on any atom is 0.0571 e. The second-order valence-corrected chi connectivity index (χ2v) is 4.17. The molecule has 0 fully saturated rings. The van der Waals surface area contributed by atoms with E-state index in [1.807, 2.05) is 25.3 Å². The van der Waals surface area contributed by atoms with Gasteiger partial charge in [-0.05, 0) is 18.6 Å². The first-order valence-corrected chi connectivity index (χ1v) is 5.71. The van der Waals surface area contributed by atoms with Gasteiger partial charge in [0.05, 0.1) is 12.3 Å². The van der Waals surface area contributed by atoms with Crippen LogP contribution >= 0.6 is 11.8 Å². The van der Waals surface area contributed by atoms with Crippen molar-refractivity contribution in [3.05, 3.63) is 24.0 Å². The highest BCUT2D eigenvalue weighted by molar-refractivity contribution is 7.99. The maximum absolute atomic E-state index is 8.65. The molecule has 0 aliphatic rings. The Kier molecular flexibility index (Phi) is 4.93. The van der Waals surface area contributed by atoms with Gasteiger partial charge in [-0.3, -0.25) is 4.98 Å². The number of hydrogen-bond donors (Lipinski definition) is 2. The third-order valence-electron chi connectivity index (χ3n) is 1.94. The van der Waals surface area contributed by atoms with Gasteiger partial charge in [0.1, 0.15) is 0 Å². The standard InChI is InChI=1S/C10H16N2OS/c1-2-9(11)10-4-3-8(7-12-10)14-6-5-13/h3-4,7,9,13H,2,5-6,11H2,1H3/t9-/m0/s1. The van der Waals surface area contributed by atoms with E-state index in [2.05, 4.69) is 4.98 Å². The number of nitrogens with zero attached hydrogens (tertiary/aromatic N) is 1. The number of rotatable bonds is 5. The van der Waals surface area contributed by atoms with Crippen molar-refractivity contribution in [1.82, 2.24) is 4.98 Å². The Labute approximate surface area is 88.7 Å². The van der Waals surface area contributed by atoms with Crippen molar-refractivity contribution >= 4 is 11.8 Å². The van der Waals surface area contributed by atoms with E-state index in [-0.39, 0.29) is 12.6 Å². The monoisotopic (exact) mass is 212 g/mol. The lowest BCUT2D eigenvalue weighted by molar-refractivity contribution is 0.322. The Bertz CT molecular complexity index is 263. The molecule has 1 heterocycles. The summed E-state index contributed by atoms with van der Waals surface area (Å²) in [5.74, 6) is 0.709. The van der Waals surface area contributed by atoms with Crippen LogP contribution in [0.5, 0.6) is 0 Å². The normalized spacial score (nSPS) is 12.8. The van der Waals surface area contributed by atoms with Crippen molar-refractivity contribution < 1.29 is 5.11 Å². The zero-order valence-corrected chi connectivity index (χ0v) is 9.13. The first-order chi connectivity index (χ1) is 6.77. The molecule has 1 aromatic rings. The van der Waals surface area contributed by atoms with Gasteiger partial charge in [0.25, 0.3) is 0 Å². The van der Waals surface area contributed by atoms with Crippen molar-refractivity contribution in [1.29, 1.82) is 0 Å². The second kappa shape index (κ2) is 6.01. The summed E-state index contributed by atoms with van der Waals surface area (Å²) in [6, 6.07) is 3.98. The van der Waals surface area contributed by atoms with Crippen LogP contribution < -0.4 is 5.73 Å². The molecule has 78 valence electrons. The number of hydrogen-bond acceptors (Lipinski definition) is 4. The topological polar surface area (TPSA) is 59.1 Å². The molecular weight excluding hydrogens is 196 g/mol. The Hall–Kier alpha value is -0.580. The van der Waals surface area contributed by atoms with Crippen molar-refractivity contribution in [3.8, 4) is 0 Å². The van der Waals surface area contributed by atoms with Gasteiger partial charge in [-0.2, -0.15) is 0 Å². The van der Waals surface area contributed by atoms with Crippen molar-refractivity contribution in [2.45, 2.75) is 24.3 Å². The molecule has 0 aliphatic heterocycles. The van der Waals surface area contributed by atoms with Gasteiger partial charge in [0.15, 0.2) is 0 Å². The average Bonchev–Trinajstić information content (AvgIpc) is 2.26. The minimum Gasteiger partial charge on any atom is -0.396 e. The summed E-state index contributed by atoms with van der Waals surface area (Å²) < 4.78 is 0. The molecule has 3 N–H and O–H groups in total.